The quantitative estimate of drug-likeness (QED) is 0.755. The molecule has 1 aromatic rings. The van der Waals surface area contributed by atoms with Gasteiger partial charge in [-0.15, -0.1) is 9.36 Å². The van der Waals surface area contributed by atoms with Crippen LogP contribution in [0.2, 0.25) is 0 Å². The first-order valence-electron chi connectivity index (χ1n) is 3.99. The van der Waals surface area contributed by atoms with Gasteiger partial charge in [0.1, 0.15) is 0 Å². The lowest BCUT2D eigenvalue weighted by atomic mass is 10.9. The lowest BCUT2D eigenvalue weighted by Gasteiger charge is -2.06. The molecule has 0 radical (unpaired) electrons. The fourth-order valence-corrected chi connectivity index (χ4v) is 1.11. The predicted molar refractivity (Wildman–Crippen MR) is 50.8 cm³/mol. The maximum Gasteiger partial charge on any atom is 0.417 e. The second kappa shape index (κ2) is 4.75. The highest BCUT2D eigenvalue weighted by atomic mass is 32.1. The molecule has 0 bridgehead atoms. The molecule has 0 unspecified atom stereocenters. The van der Waals surface area contributed by atoms with Crippen LogP contribution in [0.5, 0.6) is 11.2 Å². The highest BCUT2D eigenvalue weighted by molar-refractivity contribution is 7.07. The van der Waals surface area contributed by atoms with E-state index in [1.807, 2.05) is 6.92 Å². The first-order valence-corrected chi connectivity index (χ1v) is 4.76. The van der Waals surface area contributed by atoms with Crippen LogP contribution < -0.4 is 9.47 Å². The number of amides is 1. The smallest absolute Gasteiger partial charge is 0.417 e. The molecule has 0 N–H and O–H groups in total. The first-order chi connectivity index (χ1) is 6.63. The topological polar surface area (TPSA) is 64.6 Å². The summed E-state index contributed by atoms with van der Waals surface area (Å²) >= 11 is 1.05. The molecule has 0 atom stereocenters. The molecule has 0 saturated heterocycles. The van der Waals surface area contributed by atoms with E-state index in [-0.39, 0.29) is 6.01 Å². The van der Waals surface area contributed by atoms with Gasteiger partial charge in [0.15, 0.2) is 0 Å². The van der Waals surface area contributed by atoms with Crippen LogP contribution in [-0.2, 0) is 0 Å². The van der Waals surface area contributed by atoms with Gasteiger partial charge in [0, 0.05) is 25.6 Å². The van der Waals surface area contributed by atoms with Crippen molar-refractivity contribution < 1.29 is 14.3 Å². The minimum Gasteiger partial charge on any atom is -0.469 e. The van der Waals surface area contributed by atoms with Crippen molar-refractivity contribution in [2.75, 3.05) is 20.7 Å². The van der Waals surface area contributed by atoms with Gasteiger partial charge in [-0.1, -0.05) is 0 Å². The standard InChI is InChI=1S/C7H11N3O3S/c1-4-12-6-8-5(9-14-6)13-7(11)10(2)3/h4H2,1-3H3. The van der Waals surface area contributed by atoms with Crippen LogP contribution in [0, 0.1) is 0 Å². The molecule has 0 aliphatic carbocycles. The summed E-state index contributed by atoms with van der Waals surface area (Å²) in [5.74, 6) is 0. The van der Waals surface area contributed by atoms with E-state index < -0.39 is 6.09 Å². The number of carbonyl (C=O) groups excluding carboxylic acids is 1. The fraction of sp³-hybridized carbons (Fsp3) is 0.571. The molecule has 0 aliphatic heterocycles. The Kier molecular flexibility index (Phi) is 3.63. The zero-order valence-corrected chi connectivity index (χ0v) is 9.00. The van der Waals surface area contributed by atoms with E-state index >= 15 is 0 Å². The van der Waals surface area contributed by atoms with Gasteiger partial charge in [-0.05, 0) is 6.92 Å². The Bertz CT molecular complexity index is 313. The summed E-state index contributed by atoms with van der Waals surface area (Å²) in [6.07, 6.45) is -0.508. The Hall–Kier alpha value is -1.37. The van der Waals surface area contributed by atoms with Crippen LogP contribution in [0.15, 0.2) is 0 Å². The minimum atomic E-state index is -0.508. The Morgan fingerprint density at radius 2 is 2.29 bits per heavy atom. The molecule has 1 heterocycles. The van der Waals surface area contributed by atoms with Crippen molar-refractivity contribution in [1.82, 2.24) is 14.3 Å². The van der Waals surface area contributed by atoms with Crippen LogP contribution in [0.25, 0.3) is 0 Å². The predicted octanol–water partition coefficient (Wildman–Crippen LogP) is 0.997. The van der Waals surface area contributed by atoms with Crippen LogP contribution >= 0.6 is 11.5 Å². The van der Waals surface area contributed by atoms with E-state index in [9.17, 15) is 4.79 Å². The number of rotatable bonds is 3. The van der Waals surface area contributed by atoms with Crippen LogP contribution in [-0.4, -0.2) is 41.1 Å². The lowest BCUT2D eigenvalue weighted by molar-refractivity contribution is 0.168. The Labute approximate surface area is 85.6 Å². The molecule has 0 aromatic carbocycles. The van der Waals surface area contributed by atoms with Crippen LogP contribution in [0.4, 0.5) is 4.79 Å². The van der Waals surface area contributed by atoms with Crippen molar-refractivity contribution in [3.8, 4) is 11.2 Å². The largest absolute Gasteiger partial charge is 0.469 e. The second-order valence-corrected chi connectivity index (χ2v) is 3.25. The lowest BCUT2D eigenvalue weighted by Crippen LogP contribution is -2.25. The summed E-state index contributed by atoms with van der Waals surface area (Å²) in [7, 11) is 3.16. The van der Waals surface area contributed by atoms with Crippen LogP contribution in [0.1, 0.15) is 6.92 Å². The summed E-state index contributed by atoms with van der Waals surface area (Å²) in [4.78, 5) is 16.2. The average Bonchev–Trinajstić information content (AvgIpc) is 2.53. The number of aromatic nitrogens is 2. The molecule has 78 valence electrons. The van der Waals surface area contributed by atoms with Gasteiger partial charge in [0.2, 0.25) is 0 Å². The van der Waals surface area contributed by atoms with Crippen LogP contribution in [0.3, 0.4) is 0 Å². The minimum absolute atomic E-state index is 0.0251. The number of hydrogen-bond acceptors (Lipinski definition) is 6. The third-order valence-corrected chi connectivity index (χ3v) is 1.81. The van der Waals surface area contributed by atoms with E-state index in [2.05, 4.69) is 9.36 Å². The molecule has 0 spiro atoms. The van der Waals surface area contributed by atoms with E-state index in [1.54, 1.807) is 14.1 Å². The Morgan fingerprint density at radius 3 is 2.86 bits per heavy atom. The third-order valence-electron chi connectivity index (χ3n) is 1.20. The fourth-order valence-electron chi connectivity index (χ4n) is 0.590. The van der Waals surface area contributed by atoms with E-state index in [4.69, 9.17) is 9.47 Å². The highest BCUT2D eigenvalue weighted by Gasteiger charge is 2.11. The molecule has 6 nitrogen and oxygen atoms in total. The summed E-state index contributed by atoms with van der Waals surface area (Å²) in [6, 6.07) is 0.0251. The first kappa shape index (κ1) is 10.7. The SMILES string of the molecule is CCOc1nc(OC(=O)N(C)C)ns1. The highest BCUT2D eigenvalue weighted by Crippen LogP contribution is 2.18. The Balaban J connectivity index is 2.55. The molecular weight excluding hydrogens is 206 g/mol. The normalized spacial score (nSPS) is 9.64. The van der Waals surface area contributed by atoms with E-state index in [0.717, 1.165) is 11.5 Å². The van der Waals surface area contributed by atoms with Crippen molar-refractivity contribution in [3.63, 3.8) is 0 Å². The monoisotopic (exact) mass is 217 g/mol. The summed E-state index contributed by atoms with van der Waals surface area (Å²) in [6.45, 7) is 2.35. The zero-order chi connectivity index (χ0) is 10.6. The molecular formula is C7H11N3O3S. The van der Waals surface area contributed by atoms with Gasteiger partial charge in [0.05, 0.1) is 6.61 Å². The molecule has 1 rings (SSSR count). The second-order valence-electron chi connectivity index (χ2n) is 2.54. The van der Waals surface area contributed by atoms with Gasteiger partial charge in [-0.3, -0.25) is 0 Å². The maximum atomic E-state index is 11.1. The van der Waals surface area contributed by atoms with Gasteiger partial charge >= 0.3 is 12.1 Å². The zero-order valence-electron chi connectivity index (χ0n) is 8.18. The van der Waals surface area contributed by atoms with Gasteiger partial charge < -0.3 is 14.4 Å². The van der Waals surface area contributed by atoms with Gasteiger partial charge in [-0.25, -0.2) is 4.79 Å². The molecule has 0 aliphatic rings. The third kappa shape index (κ3) is 2.84. The molecule has 0 fully saturated rings. The molecule has 0 saturated carbocycles. The molecule has 1 amide bonds. The van der Waals surface area contributed by atoms with E-state index in [1.165, 1.54) is 4.90 Å². The Morgan fingerprint density at radius 1 is 1.57 bits per heavy atom. The van der Waals surface area contributed by atoms with Crippen molar-refractivity contribution in [2.45, 2.75) is 6.92 Å². The van der Waals surface area contributed by atoms with Gasteiger partial charge in [0.25, 0.3) is 5.19 Å². The number of carbonyl (C=O) groups is 1. The van der Waals surface area contributed by atoms with Crippen molar-refractivity contribution in [1.29, 1.82) is 0 Å². The number of ether oxygens (including phenoxy) is 2. The van der Waals surface area contributed by atoms with Crippen molar-refractivity contribution in [3.05, 3.63) is 0 Å². The van der Waals surface area contributed by atoms with Crippen molar-refractivity contribution >= 4 is 17.6 Å². The summed E-state index contributed by atoms with van der Waals surface area (Å²) in [5.41, 5.74) is 0. The average molecular weight is 217 g/mol. The van der Waals surface area contributed by atoms with Crippen molar-refractivity contribution in [2.24, 2.45) is 0 Å². The molecule has 1 aromatic heterocycles. The molecule has 7 heteroatoms. The van der Waals surface area contributed by atoms with E-state index in [0.29, 0.717) is 11.8 Å². The van der Waals surface area contributed by atoms with Gasteiger partial charge in [-0.2, -0.15) is 0 Å². The summed E-state index contributed by atoms with van der Waals surface area (Å²) in [5, 5.41) is 0.397. The number of nitrogens with zero attached hydrogens (tertiary/aromatic N) is 3. The number of hydrogen-bond donors (Lipinski definition) is 0. The molecule has 14 heavy (non-hydrogen) atoms. The maximum absolute atomic E-state index is 11.1. The summed E-state index contributed by atoms with van der Waals surface area (Å²) < 4.78 is 13.7.